The van der Waals surface area contributed by atoms with Crippen molar-refractivity contribution in [3.05, 3.63) is 63.1 Å². The normalized spacial score (nSPS) is 13.2. The quantitative estimate of drug-likeness (QED) is 0.453. The summed E-state index contributed by atoms with van der Waals surface area (Å²) >= 11 is 3.21. The highest BCUT2D eigenvalue weighted by Gasteiger charge is 2.25. The van der Waals surface area contributed by atoms with Gasteiger partial charge in [0.2, 0.25) is 0 Å². The van der Waals surface area contributed by atoms with Gasteiger partial charge in [0.15, 0.2) is 5.82 Å². The standard InChI is InChI=1S/C20H13N3OS2/c24-20-16-13(15-6-3-9-25-15)10-26-19(16)22-18-17-12(7-8-23(18)20)11-4-1-2-5-14(11)21-17/h1-6,9-10,21H,7-8H2. The van der Waals surface area contributed by atoms with Crippen molar-refractivity contribution in [2.45, 2.75) is 13.0 Å². The van der Waals surface area contributed by atoms with E-state index in [1.54, 1.807) is 22.7 Å². The molecular weight excluding hydrogens is 362 g/mol. The molecule has 1 aliphatic rings. The third-order valence-electron chi connectivity index (χ3n) is 5.10. The number of hydrogen-bond acceptors (Lipinski definition) is 4. The number of para-hydroxylation sites is 1. The monoisotopic (exact) mass is 375 g/mol. The Hall–Kier alpha value is -2.70. The fraction of sp³-hybridized carbons (Fsp3) is 0.100. The minimum Gasteiger partial charge on any atom is -0.352 e. The average Bonchev–Trinajstić information content (AvgIpc) is 3.39. The third-order valence-corrected chi connectivity index (χ3v) is 6.88. The molecule has 6 rings (SSSR count). The predicted octanol–water partition coefficient (Wildman–Crippen LogP) is 4.89. The molecule has 0 atom stereocenters. The first-order chi connectivity index (χ1) is 12.8. The summed E-state index contributed by atoms with van der Waals surface area (Å²) in [6, 6.07) is 12.4. The molecule has 0 bridgehead atoms. The third kappa shape index (κ3) is 1.83. The van der Waals surface area contributed by atoms with Crippen molar-refractivity contribution in [3.8, 4) is 22.0 Å². The van der Waals surface area contributed by atoms with Crippen molar-refractivity contribution >= 4 is 43.8 Å². The predicted molar refractivity (Wildman–Crippen MR) is 108 cm³/mol. The highest BCUT2D eigenvalue weighted by Crippen LogP contribution is 2.37. The van der Waals surface area contributed by atoms with Crippen LogP contribution in [0.1, 0.15) is 5.56 Å². The van der Waals surface area contributed by atoms with Crippen molar-refractivity contribution in [3.63, 3.8) is 0 Å². The van der Waals surface area contributed by atoms with Gasteiger partial charge < -0.3 is 4.98 Å². The molecule has 1 N–H and O–H groups in total. The average molecular weight is 375 g/mol. The molecule has 1 aliphatic heterocycles. The Labute approximate surface area is 156 Å². The van der Waals surface area contributed by atoms with Crippen LogP contribution in [0.25, 0.3) is 43.1 Å². The summed E-state index contributed by atoms with van der Waals surface area (Å²) in [5, 5.41) is 6.08. The largest absolute Gasteiger partial charge is 0.352 e. The van der Waals surface area contributed by atoms with Crippen LogP contribution in [0.5, 0.6) is 0 Å². The summed E-state index contributed by atoms with van der Waals surface area (Å²) < 4.78 is 1.84. The van der Waals surface area contributed by atoms with Gasteiger partial charge in [-0.3, -0.25) is 9.36 Å². The second kappa shape index (κ2) is 5.16. The highest BCUT2D eigenvalue weighted by molar-refractivity contribution is 7.18. The number of nitrogens with one attached hydrogen (secondary N) is 1. The Balaban J connectivity index is 1.68. The second-order valence-corrected chi connectivity index (χ2v) is 8.28. The van der Waals surface area contributed by atoms with Crippen LogP contribution in [-0.2, 0) is 13.0 Å². The van der Waals surface area contributed by atoms with E-state index < -0.39 is 0 Å². The molecule has 4 nitrogen and oxygen atoms in total. The number of aromatic nitrogens is 3. The van der Waals surface area contributed by atoms with E-state index in [0.717, 1.165) is 44.1 Å². The molecule has 0 aliphatic carbocycles. The molecule has 0 spiro atoms. The van der Waals surface area contributed by atoms with Gasteiger partial charge in [-0.25, -0.2) is 4.98 Å². The summed E-state index contributed by atoms with van der Waals surface area (Å²) in [6.45, 7) is 0.672. The van der Waals surface area contributed by atoms with Crippen LogP contribution in [0.3, 0.4) is 0 Å². The van der Waals surface area contributed by atoms with E-state index >= 15 is 0 Å². The lowest BCUT2D eigenvalue weighted by molar-refractivity contribution is 0.653. The Bertz CT molecular complexity index is 1360. The van der Waals surface area contributed by atoms with Crippen molar-refractivity contribution in [1.29, 1.82) is 0 Å². The maximum atomic E-state index is 13.3. The van der Waals surface area contributed by atoms with Gasteiger partial charge in [0.25, 0.3) is 5.56 Å². The van der Waals surface area contributed by atoms with Gasteiger partial charge in [-0.1, -0.05) is 24.3 Å². The number of hydrogen-bond donors (Lipinski definition) is 1. The zero-order valence-corrected chi connectivity index (χ0v) is 15.3. The summed E-state index contributed by atoms with van der Waals surface area (Å²) in [6.07, 6.45) is 0.845. The van der Waals surface area contributed by atoms with Gasteiger partial charge in [0, 0.05) is 33.3 Å². The van der Waals surface area contributed by atoms with Crippen molar-refractivity contribution < 1.29 is 0 Å². The Morgan fingerprint density at radius 1 is 1.12 bits per heavy atom. The van der Waals surface area contributed by atoms with Gasteiger partial charge >= 0.3 is 0 Å². The van der Waals surface area contributed by atoms with E-state index in [-0.39, 0.29) is 5.56 Å². The lowest BCUT2D eigenvalue weighted by Gasteiger charge is -2.18. The van der Waals surface area contributed by atoms with Gasteiger partial charge in [-0.15, -0.1) is 22.7 Å². The minimum atomic E-state index is 0.0685. The highest BCUT2D eigenvalue weighted by atomic mass is 32.1. The minimum absolute atomic E-state index is 0.0685. The number of aryl methyl sites for hydroxylation is 1. The van der Waals surface area contributed by atoms with Crippen molar-refractivity contribution in [1.82, 2.24) is 14.5 Å². The van der Waals surface area contributed by atoms with E-state index in [1.807, 2.05) is 22.1 Å². The first-order valence-electron chi connectivity index (χ1n) is 8.47. The molecule has 0 fully saturated rings. The van der Waals surface area contributed by atoms with Crippen LogP contribution in [0.15, 0.2) is 52.0 Å². The van der Waals surface area contributed by atoms with Gasteiger partial charge in [0.05, 0.1) is 11.1 Å². The van der Waals surface area contributed by atoms with Crippen LogP contribution < -0.4 is 5.56 Å². The van der Waals surface area contributed by atoms with Crippen LogP contribution >= 0.6 is 22.7 Å². The first-order valence-corrected chi connectivity index (χ1v) is 10.2. The van der Waals surface area contributed by atoms with E-state index in [4.69, 9.17) is 4.98 Å². The number of fused-ring (bicyclic) bond motifs is 6. The van der Waals surface area contributed by atoms with Crippen LogP contribution in [0, 0.1) is 0 Å². The van der Waals surface area contributed by atoms with E-state index in [1.165, 1.54) is 10.9 Å². The number of aromatic amines is 1. The number of rotatable bonds is 1. The van der Waals surface area contributed by atoms with E-state index in [2.05, 4.69) is 34.6 Å². The number of H-pyrrole nitrogens is 1. The summed E-state index contributed by atoms with van der Waals surface area (Å²) in [7, 11) is 0. The zero-order valence-electron chi connectivity index (χ0n) is 13.7. The second-order valence-electron chi connectivity index (χ2n) is 6.47. The summed E-state index contributed by atoms with van der Waals surface area (Å²) in [5.74, 6) is 0.763. The summed E-state index contributed by atoms with van der Waals surface area (Å²) in [5.41, 5.74) is 4.43. The van der Waals surface area contributed by atoms with Gasteiger partial charge in [-0.2, -0.15) is 0 Å². The summed E-state index contributed by atoms with van der Waals surface area (Å²) in [4.78, 5) is 23.6. The molecule has 4 aromatic heterocycles. The molecule has 0 unspecified atom stereocenters. The molecule has 6 heteroatoms. The van der Waals surface area contributed by atoms with E-state index in [0.29, 0.717) is 6.54 Å². The molecule has 5 aromatic rings. The van der Waals surface area contributed by atoms with Crippen LogP contribution in [-0.4, -0.2) is 14.5 Å². The Kier molecular flexibility index (Phi) is 2.87. The van der Waals surface area contributed by atoms with Gasteiger partial charge in [0.1, 0.15) is 4.83 Å². The lowest BCUT2D eigenvalue weighted by atomic mass is 10.0. The lowest BCUT2D eigenvalue weighted by Crippen LogP contribution is -2.27. The number of nitrogens with zero attached hydrogens (tertiary/aromatic N) is 2. The van der Waals surface area contributed by atoms with Crippen molar-refractivity contribution in [2.75, 3.05) is 0 Å². The molecule has 0 saturated carbocycles. The van der Waals surface area contributed by atoms with Crippen LogP contribution in [0.4, 0.5) is 0 Å². The van der Waals surface area contributed by atoms with Crippen LogP contribution in [0.2, 0.25) is 0 Å². The maximum Gasteiger partial charge on any atom is 0.263 e. The molecule has 5 heterocycles. The maximum absolute atomic E-state index is 13.3. The first kappa shape index (κ1) is 14.5. The smallest absolute Gasteiger partial charge is 0.263 e. The Morgan fingerprint density at radius 2 is 2.04 bits per heavy atom. The SMILES string of the molecule is O=c1c2c(-c3cccs3)csc2nc2n1CCc1c-2[nH]c2ccccc12. The molecule has 126 valence electrons. The fourth-order valence-electron chi connectivity index (χ4n) is 3.91. The molecule has 0 amide bonds. The number of thiophene rings is 2. The van der Waals surface area contributed by atoms with Crippen molar-refractivity contribution in [2.24, 2.45) is 0 Å². The molecule has 0 saturated heterocycles. The molecule has 26 heavy (non-hydrogen) atoms. The van der Waals surface area contributed by atoms with E-state index in [9.17, 15) is 4.79 Å². The molecule has 0 radical (unpaired) electrons. The topological polar surface area (TPSA) is 50.7 Å². The zero-order chi connectivity index (χ0) is 17.3. The number of benzene rings is 1. The fourth-order valence-corrected chi connectivity index (χ4v) is 5.66. The Morgan fingerprint density at radius 3 is 2.92 bits per heavy atom. The molecular formula is C20H13N3OS2. The molecule has 1 aromatic carbocycles. The van der Waals surface area contributed by atoms with Gasteiger partial charge in [-0.05, 0) is 29.5 Å².